The fourth-order valence-electron chi connectivity index (χ4n) is 5.85. The molecule has 0 fully saturated rings. The van der Waals surface area contributed by atoms with Crippen LogP contribution in [-0.2, 0) is 34.5 Å². The highest BCUT2D eigenvalue weighted by atomic mass is 35.5. The second-order valence-electron chi connectivity index (χ2n) is 10.9. The lowest BCUT2D eigenvalue weighted by Crippen LogP contribution is -2.45. The first-order chi connectivity index (χ1) is 20.6. The Balaban J connectivity index is 0.00000423. The van der Waals surface area contributed by atoms with Crippen LogP contribution in [-0.4, -0.2) is 43.1 Å². The van der Waals surface area contributed by atoms with Crippen LogP contribution in [0.25, 0.3) is 0 Å². The van der Waals surface area contributed by atoms with E-state index >= 15 is 0 Å². The van der Waals surface area contributed by atoms with E-state index in [-0.39, 0.29) is 31.5 Å². The monoisotopic (exact) mass is 597 g/mol. The van der Waals surface area contributed by atoms with Crippen LogP contribution in [0.1, 0.15) is 40.7 Å². The van der Waals surface area contributed by atoms with Crippen molar-refractivity contribution in [1.82, 2.24) is 15.5 Å². The highest BCUT2D eigenvalue weighted by molar-refractivity contribution is 5.85. The number of carbonyl (C=O) groups excluding carboxylic acids is 2. The van der Waals surface area contributed by atoms with Crippen molar-refractivity contribution < 1.29 is 14.3 Å². The second kappa shape index (κ2) is 15.9. The molecule has 43 heavy (non-hydrogen) atoms. The number of carbonyl (C=O) groups is 2. The van der Waals surface area contributed by atoms with Crippen molar-refractivity contribution >= 4 is 24.4 Å². The van der Waals surface area contributed by atoms with Gasteiger partial charge in [-0.1, -0.05) is 115 Å². The SMILES string of the molecule is Cl.O=C(CNC(=O)OCc1ccccc1)NCC(CCCN1CCc2ccccc2C1)(c1ccccc1)c1ccccc1. The average molecular weight is 598 g/mol. The summed E-state index contributed by atoms with van der Waals surface area (Å²) >= 11 is 0. The topological polar surface area (TPSA) is 70.7 Å². The van der Waals surface area contributed by atoms with Crippen molar-refractivity contribution in [1.29, 1.82) is 0 Å². The van der Waals surface area contributed by atoms with E-state index in [1.165, 1.54) is 11.1 Å². The quantitative estimate of drug-likeness (QED) is 0.202. The number of nitrogens with zero attached hydrogens (tertiary/aromatic N) is 1. The van der Waals surface area contributed by atoms with Gasteiger partial charge in [-0.25, -0.2) is 4.79 Å². The molecule has 0 unspecified atom stereocenters. The Hall–Kier alpha value is -4.13. The summed E-state index contributed by atoms with van der Waals surface area (Å²) in [5.41, 5.74) is 5.67. The van der Waals surface area contributed by atoms with Gasteiger partial charge >= 0.3 is 6.09 Å². The normalized spacial score (nSPS) is 12.8. The van der Waals surface area contributed by atoms with Gasteiger partial charge in [-0.05, 0) is 53.6 Å². The van der Waals surface area contributed by atoms with Crippen LogP contribution >= 0.6 is 12.4 Å². The zero-order valence-corrected chi connectivity index (χ0v) is 25.2. The molecule has 4 aromatic carbocycles. The lowest BCUT2D eigenvalue weighted by molar-refractivity contribution is -0.120. The Morgan fingerprint density at radius 3 is 1.98 bits per heavy atom. The van der Waals surface area contributed by atoms with E-state index in [9.17, 15) is 9.59 Å². The summed E-state index contributed by atoms with van der Waals surface area (Å²) in [5.74, 6) is -0.254. The molecule has 4 aromatic rings. The lowest BCUT2D eigenvalue weighted by Gasteiger charge is -2.37. The number of ether oxygens (including phenoxy) is 1. The molecule has 0 bridgehead atoms. The van der Waals surface area contributed by atoms with Gasteiger partial charge in [-0.15, -0.1) is 12.4 Å². The number of nitrogens with one attached hydrogen (secondary N) is 2. The first kappa shape index (κ1) is 31.8. The van der Waals surface area contributed by atoms with Gasteiger partial charge < -0.3 is 15.4 Å². The van der Waals surface area contributed by atoms with Crippen LogP contribution in [0.5, 0.6) is 0 Å². The molecule has 0 aromatic heterocycles. The van der Waals surface area contributed by atoms with Crippen LogP contribution < -0.4 is 10.6 Å². The Kier molecular flexibility index (Phi) is 11.8. The fraction of sp³-hybridized carbons (Fsp3) is 0.278. The molecule has 5 rings (SSSR count). The average Bonchev–Trinajstić information content (AvgIpc) is 3.05. The number of benzene rings is 4. The second-order valence-corrected chi connectivity index (χ2v) is 10.9. The van der Waals surface area contributed by atoms with Gasteiger partial charge in [-0.3, -0.25) is 9.69 Å². The smallest absolute Gasteiger partial charge is 0.407 e. The Morgan fingerprint density at radius 1 is 0.744 bits per heavy atom. The zero-order valence-electron chi connectivity index (χ0n) is 24.4. The molecular formula is C36H40ClN3O3. The highest BCUT2D eigenvalue weighted by Gasteiger charge is 2.34. The number of fused-ring (bicyclic) bond motifs is 1. The maximum Gasteiger partial charge on any atom is 0.407 e. The molecule has 1 aliphatic heterocycles. The van der Waals surface area contributed by atoms with Gasteiger partial charge in [-0.2, -0.15) is 0 Å². The molecule has 1 aliphatic rings. The third-order valence-electron chi connectivity index (χ3n) is 8.13. The highest BCUT2D eigenvalue weighted by Crippen LogP contribution is 2.37. The summed E-state index contributed by atoms with van der Waals surface area (Å²) in [4.78, 5) is 27.7. The molecule has 1 heterocycles. The molecule has 0 spiro atoms. The van der Waals surface area contributed by atoms with Gasteiger partial charge in [0.1, 0.15) is 6.61 Å². The third-order valence-corrected chi connectivity index (χ3v) is 8.13. The molecular weight excluding hydrogens is 558 g/mol. The maximum absolute atomic E-state index is 13.0. The third kappa shape index (κ3) is 8.69. The predicted octanol–water partition coefficient (Wildman–Crippen LogP) is 6.28. The van der Waals surface area contributed by atoms with Crippen molar-refractivity contribution in [2.75, 3.05) is 26.2 Å². The number of amides is 2. The zero-order chi connectivity index (χ0) is 29.0. The van der Waals surface area contributed by atoms with Crippen molar-refractivity contribution in [2.45, 2.75) is 37.8 Å². The number of hydrogen-bond acceptors (Lipinski definition) is 4. The minimum absolute atomic E-state index is 0. The summed E-state index contributed by atoms with van der Waals surface area (Å²) in [6.07, 6.45) is 2.31. The van der Waals surface area contributed by atoms with Crippen LogP contribution in [0, 0.1) is 0 Å². The van der Waals surface area contributed by atoms with Crippen molar-refractivity contribution in [2.24, 2.45) is 0 Å². The van der Waals surface area contributed by atoms with E-state index in [4.69, 9.17) is 4.74 Å². The van der Waals surface area contributed by atoms with E-state index in [1.807, 2.05) is 42.5 Å². The summed E-state index contributed by atoms with van der Waals surface area (Å²) in [6, 6.07) is 39.0. The fourth-order valence-corrected chi connectivity index (χ4v) is 5.85. The van der Waals surface area contributed by atoms with Crippen molar-refractivity contribution in [3.8, 4) is 0 Å². The standard InChI is InChI=1S/C36H39N3O3.ClH/c40-34(25-37-35(41)42-27-29-13-4-1-5-14-29)38-28-36(32-17-6-2-7-18-32,33-19-8-3-9-20-33)22-12-23-39-24-21-30-15-10-11-16-31(30)26-39;/h1-11,13-20H,12,21-28H2,(H,37,41)(H,38,40);1H. The molecule has 2 N–H and O–H groups in total. The minimum atomic E-state index is -0.616. The molecule has 0 saturated heterocycles. The van der Waals surface area contributed by atoms with Crippen LogP contribution in [0.15, 0.2) is 115 Å². The summed E-state index contributed by atoms with van der Waals surface area (Å²) in [6.45, 7) is 3.44. The van der Waals surface area contributed by atoms with Crippen LogP contribution in [0.3, 0.4) is 0 Å². The maximum atomic E-state index is 13.0. The van der Waals surface area contributed by atoms with Crippen LogP contribution in [0.2, 0.25) is 0 Å². The van der Waals surface area contributed by atoms with Gasteiger partial charge in [0.05, 0.1) is 6.54 Å². The summed E-state index contributed by atoms with van der Waals surface area (Å²) < 4.78 is 5.26. The molecule has 2 amide bonds. The summed E-state index contributed by atoms with van der Waals surface area (Å²) in [7, 11) is 0. The van der Waals surface area contributed by atoms with Gasteiger partial charge in [0.2, 0.25) is 5.91 Å². The molecule has 224 valence electrons. The molecule has 0 aliphatic carbocycles. The van der Waals surface area contributed by atoms with Gasteiger partial charge in [0.25, 0.3) is 0 Å². The number of halogens is 1. The van der Waals surface area contributed by atoms with Gasteiger partial charge in [0.15, 0.2) is 0 Å². The Labute approximate surface area is 260 Å². The largest absolute Gasteiger partial charge is 0.445 e. The number of alkyl carbamates (subject to hydrolysis) is 1. The molecule has 6 nitrogen and oxygen atoms in total. The number of hydrogen-bond donors (Lipinski definition) is 2. The summed E-state index contributed by atoms with van der Waals surface area (Å²) in [5, 5.41) is 5.71. The van der Waals surface area contributed by atoms with E-state index in [0.29, 0.717) is 6.54 Å². The predicted molar refractivity (Wildman–Crippen MR) is 173 cm³/mol. The van der Waals surface area contributed by atoms with E-state index in [2.05, 4.69) is 88.3 Å². The van der Waals surface area contributed by atoms with Crippen molar-refractivity contribution in [3.05, 3.63) is 143 Å². The molecule has 0 saturated carbocycles. The Bertz CT molecular complexity index is 1390. The first-order valence-corrected chi connectivity index (χ1v) is 14.7. The Morgan fingerprint density at radius 2 is 1.33 bits per heavy atom. The first-order valence-electron chi connectivity index (χ1n) is 14.7. The van der Waals surface area contributed by atoms with Gasteiger partial charge in [0, 0.05) is 25.0 Å². The van der Waals surface area contributed by atoms with E-state index in [0.717, 1.165) is 55.6 Å². The lowest BCUT2D eigenvalue weighted by atomic mass is 9.71. The molecule has 0 radical (unpaired) electrons. The van der Waals surface area contributed by atoms with Crippen LogP contribution in [0.4, 0.5) is 4.79 Å². The minimum Gasteiger partial charge on any atom is -0.445 e. The van der Waals surface area contributed by atoms with E-state index < -0.39 is 11.5 Å². The molecule has 7 heteroatoms. The van der Waals surface area contributed by atoms with Crippen molar-refractivity contribution in [3.63, 3.8) is 0 Å². The van der Waals surface area contributed by atoms with E-state index in [1.54, 1.807) is 0 Å². The number of rotatable bonds is 12. The molecule has 0 atom stereocenters.